The number of piperidine rings is 1. The summed E-state index contributed by atoms with van der Waals surface area (Å²) in [4.78, 5) is 40.5. The lowest BCUT2D eigenvalue weighted by Gasteiger charge is -2.34. The number of allylic oxidation sites excluding steroid dienone is 1. The molecule has 0 spiro atoms. The zero-order chi connectivity index (χ0) is 20.9. The highest BCUT2D eigenvalue weighted by Gasteiger charge is 2.37. The molecule has 1 aromatic rings. The molecule has 1 atom stereocenters. The maximum Gasteiger partial charge on any atom is 0.247 e. The van der Waals surface area contributed by atoms with Crippen molar-refractivity contribution in [3.8, 4) is 0 Å². The van der Waals surface area contributed by atoms with Gasteiger partial charge in [0.05, 0.1) is 5.69 Å². The largest absolute Gasteiger partial charge is 0.356 e. The summed E-state index contributed by atoms with van der Waals surface area (Å²) in [7, 11) is 0. The molecule has 0 radical (unpaired) electrons. The standard InChI is InChI=1S/C23H29N3O3S/c27-21(24-13-10-16-6-2-1-3-7-16)17-11-14-26(15-12-17)23(29)20-22(28)25-18-8-4-5-9-19(18)30-20/h4-6,8-9,17,20H,1-3,7,10-15H2,(H,24,27)(H,25,28)/t20-/m1/s1. The second-order valence-electron chi connectivity index (χ2n) is 8.23. The molecule has 7 heteroatoms. The molecule has 0 aromatic heterocycles. The number of carbonyl (C=O) groups excluding carboxylic acids is 3. The van der Waals surface area contributed by atoms with E-state index in [1.165, 1.54) is 36.6 Å². The average molecular weight is 428 g/mol. The number of carbonyl (C=O) groups is 3. The number of rotatable bonds is 5. The van der Waals surface area contributed by atoms with E-state index < -0.39 is 5.25 Å². The summed E-state index contributed by atoms with van der Waals surface area (Å²) in [5, 5.41) is 5.15. The van der Waals surface area contributed by atoms with Gasteiger partial charge in [0.2, 0.25) is 17.7 Å². The molecule has 160 valence electrons. The van der Waals surface area contributed by atoms with E-state index in [9.17, 15) is 14.4 Å². The lowest BCUT2D eigenvalue weighted by Crippen LogP contribution is -2.49. The van der Waals surface area contributed by atoms with Gasteiger partial charge in [0, 0.05) is 30.4 Å². The van der Waals surface area contributed by atoms with Crippen LogP contribution in [0.3, 0.4) is 0 Å². The molecule has 3 aliphatic rings. The highest BCUT2D eigenvalue weighted by Crippen LogP contribution is 2.36. The summed E-state index contributed by atoms with van der Waals surface area (Å²) in [6.45, 7) is 1.74. The Morgan fingerprint density at radius 3 is 2.73 bits per heavy atom. The normalized spacial score (nSPS) is 22.0. The van der Waals surface area contributed by atoms with Crippen LogP contribution in [0, 0.1) is 5.92 Å². The second kappa shape index (κ2) is 9.69. The fourth-order valence-corrected chi connectivity index (χ4v) is 5.44. The number of amides is 3. The smallest absolute Gasteiger partial charge is 0.247 e. The zero-order valence-corrected chi connectivity index (χ0v) is 18.0. The fraction of sp³-hybridized carbons (Fsp3) is 0.522. The van der Waals surface area contributed by atoms with E-state index in [1.807, 2.05) is 24.3 Å². The molecule has 30 heavy (non-hydrogen) atoms. The number of thioether (sulfide) groups is 1. The van der Waals surface area contributed by atoms with Crippen molar-refractivity contribution < 1.29 is 14.4 Å². The van der Waals surface area contributed by atoms with Crippen molar-refractivity contribution in [1.29, 1.82) is 0 Å². The van der Waals surface area contributed by atoms with Crippen molar-refractivity contribution in [2.24, 2.45) is 5.92 Å². The highest BCUT2D eigenvalue weighted by molar-refractivity contribution is 8.01. The Bertz CT molecular complexity index is 846. The van der Waals surface area contributed by atoms with E-state index in [0.717, 1.165) is 23.4 Å². The van der Waals surface area contributed by atoms with Gasteiger partial charge in [-0.25, -0.2) is 0 Å². The van der Waals surface area contributed by atoms with E-state index in [-0.39, 0.29) is 23.6 Å². The van der Waals surface area contributed by atoms with Crippen LogP contribution < -0.4 is 10.6 Å². The molecule has 1 saturated heterocycles. The molecule has 2 aliphatic heterocycles. The molecule has 0 unspecified atom stereocenters. The van der Waals surface area contributed by atoms with Gasteiger partial charge >= 0.3 is 0 Å². The Morgan fingerprint density at radius 1 is 1.17 bits per heavy atom. The fourth-order valence-electron chi connectivity index (χ4n) is 4.36. The third-order valence-electron chi connectivity index (χ3n) is 6.16. The molecule has 0 saturated carbocycles. The predicted octanol–water partition coefficient (Wildman–Crippen LogP) is 3.34. The number of anilines is 1. The van der Waals surface area contributed by atoms with Crippen LogP contribution in [0.25, 0.3) is 0 Å². The summed E-state index contributed by atoms with van der Waals surface area (Å²) >= 11 is 1.31. The van der Waals surface area contributed by atoms with Gasteiger partial charge in [-0.15, -0.1) is 11.8 Å². The van der Waals surface area contributed by atoms with Gasteiger partial charge < -0.3 is 15.5 Å². The van der Waals surface area contributed by atoms with Gasteiger partial charge in [0.25, 0.3) is 0 Å². The molecular formula is C23H29N3O3S. The van der Waals surface area contributed by atoms with Crippen molar-refractivity contribution in [2.75, 3.05) is 25.0 Å². The SMILES string of the molecule is O=C(NCCC1=CCCCC1)C1CCN(C(=O)[C@@H]2Sc3ccccc3NC2=O)CC1. The number of hydrogen-bond acceptors (Lipinski definition) is 4. The Balaban J connectivity index is 1.24. The average Bonchev–Trinajstić information content (AvgIpc) is 2.79. The molecule has 4 rings (SSSR count). The van der Waals surface area contributed by atoms with Crippen LogP contribution >= 0.6 is 11.8 Å². The van der Waals surface area contributed by atoms with Crippen LogP contribution in [-0.2, 0) is 14.4 Å². The van der Waals surface area contributed by atoms with E-state index in [2.05, 4.69) is 16.7 Å². The minimum Gasteiger partial charge on any atom is -0.356 e. The molecule has 0 bridgehead atoms. The van der Waals surface area contributed by atoms with Gasteiger partial charge in [0.1, 0.15) is 0 Å². The Kier molecular flexibility index (Phi) is 6.77. The van der Waals surface area contributed by atoms with Crippen LogP contribution in [0.5, 0.6) is 0 Å². The molecular weight excluding hydrogens is 398 g/mol. The maximum absolute atomic E-state index is 12.9. The van der Waals surface area contributed by atoms with Gasteiger partial charge in [-0.1, -0.05) is 23.8 Å². The quantitative estimate of drug-likeness (QED) is 0.558. The molecule has 1 aliphatic carbocycles. The van der Waals surface area contributed by atoms with E-state index >= 15 is 0 Å². The van der Waals surface area contributed by atoms with Crippen LogP contribution in [0.2, 0.25) is 0 Å². The third-order valence-corrected chi connectivity index (χ3v) is 7.42. The Hall–Kier alpha value is -2.28. The first-order valence-electron chi connectivity index (χ1n) is 10.9. The van der Waals surface area contributed by atoms with Crippen molar-refractivity contribution >= 4 is 35.2 Å². The van der Waals surface area contributed by atoms with Crippen LogP contribution in [0.1, 0.15) is 44.9 Å². The first-order valence-corrected chi connectivity index (χ1v) is 11.8. The molecule has 2 N–H and O–H groups in total. The topological polar surface area (TPSA) is 78.5 Å². The van der Waals surface area contributed by atoms with E-state index in [4.69, 9.17) is 0 Å². The van der Waals surface area contributed by atoms with Crippen molar-refractivity contribution in [3.63, 3.8) is 0 Å². The zero-order valence-electron chi connectivity index (χ0n) is 17.2. The molecule has 1 fully saturated rings. The number of likely N-dealkylation sites (tertiary alicyclic amines) is 1. The van der Waals surface area contributed by atoms with Crippen molar-refractivity contribution in [2.45, 2.75) is 55.1 Å². The number of benzene rings is 1. The lowest BCUT2D eigenvalue weighted by molar-refractivity contribution is -0.137. The number of nitrogens with one attached hydrogen (secondary N) is 2. The molecule has 2 heterocycles. The minimum atomic E-state index is -0.756. The first kappa shape index (κ1) is 21.0. The van der Waals surface area contributed by atoms with Gasteiger partial charge in [-0.3, -0.25) is 14.4 Å². The lowest BCUT2D eigenvalue weighted by atomic mass is 9.95. The van der Waals surface area contributed by atoms with Crippen LogP contribution in [0.15, 0.2) is 40.8 Å². The molecule has 6 nitrogen and oxygen atoms in total. The summed E-state index contributed by atoms with van der Waals surface area (Å²) in [6.07, 6.45) is 9.42. The van der Waals surface area contributed by atoms with Gasteiger partial charge in [-0.05, 0) is 57.1 Å². The third kappa shape index (κ3) is 4.89. The van der Waals surface area contributed by atoms with E-state index in [1.54, 1.807) is 4.90 Å². The van der Waals surface area contributed by atoms with E-state index in [0.29, 0.717) is 32.5 Å². The monoisotopic (exact) mass is 427 g/mol. The summed E-state index contributed by atoms with van der Waals surface area (Å²) in [6, 6.07) is 7.53. The van der Waals surface area contributed by atoms with Gasteiger partial charge in [-0.2, -0.15) is 0 Å². The summed E-state index contributed by atoms with van der Waals surface area (Å²) in [5.41, 5.74) is 2.22. The predicted molar refractivity (Wildman–Crippen MR) is 118 cm³/mol. The number of para-hydroxylation sites is 1. The molecule has 3 amide bonds. The van der Waals surface area contributed by atoms with Crippen molar-refractivity contribution in [1.82, 2.24) is 10.2 Å². The first-order chi connectivity index (χ1) is 14.6. The van der Waals surface area contributed by atoms with Gasteiger partial charge in [0.15, 0.2) is 5.25 Å². The second-order valence-corrected chi connectivity index (χ2v) is 9.38. The Morgan fingerprint density at radius 2 is 1.97 bits per heavy atom. The number of hydrogen-bond donors (Lipinski definition) is 2. The minimum absolute atomic E-state index is 0.0528. The Labute approximate surface area is 181 Å². The van der Waals surface area contributed by atoms with Crippen LogP contribution in [0.4, 0.5) is 5.69 Å². The maximum atomic E-state index is 12.9. The summed E-state index contributed by atoms with van der Waals surface area (Å²) in [5.74, 6) is -0.379. The van der Waals surface area contributed by atoms with Crippen LogP contribution in [-0.4, -0.2) is 47.5 Å². The number of fused-ring (bicyclic) bond motifs is 1. The molecule has 1 aromatic carbocycles. The summed E-state index contributed by atoms with van der Waals surface area (Å²) < 4.78 is 0. The highest BCUT2D eigenvalue weighted by atomic mass is 32.2. The number of nitrogens with zero attached hydrogens (tertiary/aromatic N) is 1. The van der Waals surface area contributed by atoms with Crippen molar-refractivity contribution in [3.05, 3.63) is 35.9 Å².